The fourth-order valence-corrected chi connectivity index (χ4v) is 4.79. The van der Waals surface area contributed by atoms with Crippen LogP contribution < -0.4 is 5.32 Å². The summed E-state index contributed by atoms with van der Waals surface area (Å²) in [4.78, 5) is 17.7. The number of aryl methyl sites for hydroxylation is 1. The van der Waals surface area contributed by atoms with Crippen molar-refractivity contribution in [2.75, 3.05) is 11.1 Å². The van der Waals surface area contributed by atoms with Crippen molar-refractivity contribution < 1.29 is 4.79 Å². The number of amides is 1. The number of carbonyl (C=O) groups excluding carboxylic acids is 1. The Morgan fingerprint density at radius 1 is 1.26 bits per heavy atom. The van der Waals surface area contributed by atoms with E-state index in [-0.39, 0.29) is 11.7 Å². The van der Waals surface area contributed by atoms with E-state index < -0.39 is 0 Å². The van der Waals surface area contributed by atoms with Gasteiger partial charge in [0, 0.05) is 10.4 Å². The van der Waals surface area contributed by atoms with Crippen molar-refractivity contribution in [2.24, 2.45) is 0 Å². The number of hydrogen-bond donors (Lipinski definition) is 1. The highest BCUT2D eigenvalue weighted by Gasteiger charge is 2.23. The van der Waals surface area contributed by atoms with E-state index in [1.54, 1.807) is 6.20 Å². The van der Waals surface area contributed by atoms with Gasteiger partial charge in [-0.2, -0.15) is 5.26 Å². The second kappa shape index (κ2) is 7.86. The Morgan fingerprint density at radius 3 is 2.85 bits per heavy atom. The Kier molecular flexibility index (Phi) is 5.14. The minimum absolute atomic E-state index is 0.166. The van der Waals surface area contributed by atoms with E-state index in [0.717, 1.165) is 30.4 Å². The summed E-state index contributed by atoms with van der Waals surface area (Å²) in [5, 5.41) is 21.6. The number of aromatic nitrogens is 3. The standard InChI is InChI=1S/C19H15N5OS2/c20-9-14-13-7-4-8-16(13)27-18(14)22-17(25)11-26-19-21-10-15(23-24-19)12-5-2-1-3-6-12/h1-3,5-6,10H,4,7-8,11H2,(H,22,25). The van der Waals surface area contributed by atoms with Gasteiger partial charge in [0.2, 0.25) is 11.1 Å². The van der Waals surface area contributed by atoms with Crippen molar-refractivity contribution in [2.45, 2.75) is 24.4 Å². The van der Waals surface area contributed by atoms with Crippen LogP contribution in [0.2, 0.25) is 0 Å². The van der Waals surface area contributed by atoms with Crippen molar-refractivity contribution in [3.63, 3.8) is 0 Å². The fourth-order valence-electron chi connectivity index (χ4n) is 2.98. The number of fused-ring (bicyclic) bond motifs is 1. The van der Waals surface area contributed by atoms with E-state index in [1.807, 2.05) is 30.3 Å². The molecule has 6 nitrogen and oxygen atoms in total. The molecular formula is C19H15N5OS2. The molecule has 4 rings (SSSR count). The van der Waals surface area contributed by atoms with Crippen LogP contribution in [0.25, 0.3) is 11.3 Å². The van der Waals surface area contributed by atoms with Crippen LogP contribution in [0.15, 0.2) is 41.7 Å². The number of thioether (sulfide) groups is 1. The van der Waals surface area contributed by atoms with Crippen LogP contribution in [-0.2, 0) is 17.6 Å². The molecule has 1 aliphatic rings. The zero-order chi connectivity index (χ0) is 18.6. The van der Waals surface area contributed by atoms with Crippen LogP contribution in [0.4, 0.5) is 5.00 Å². The first-order valence-electron chi connectivity index (χ1n) is 8.47. The van der Waals surface area contributed by atoms with Gasteiger partial charge < -0.3 is 5.32 Å². The highest BCUT2D eigenvalue weighted by atomic mass is 32.2. The summed E-state index contributed by atoms with van der Waals surface area (Å²) in [5.41, 5.74) is 3.36. The summed E-state index contributed by atoms with van der Waals surface area (Å²) in [5.74, 6) is -0.00746. The smallest absolute Gasteiger partial charge is 0.235 e. The van der Waals surface area contributed by atoms with Gasteiger partial charge in [-0.15, -0.1) is 21.5 Å². The van der Waals surface area contributed by atoms with Gasteiger partial charge in [0.15, 0.2) is 0 Å². The third-order valence-corrected chi connectivity index (χ3v) is 6.29. The largest absolute Gasteiger partial charge is 0.316 e. The van der Waals surface area contributed by atoms with Crippen molar-refractivity contribution in [3.8, 4) is 17.3 Å². The maximum absolute atomic E-state index is 12.3. The summed E-state index contributed by atoms with van der Waals surface area (Å²) in [6.07, 6.45) is 4.66. The Bertz CT molecular complexity index is 1010. The molecule has 0 spiro atoms. The first-order valence-corrected chi connectivity index (χ1v) is 10.3. The molecule has 0 saturated heterocycles. The van der Waals surface area contributed by atoms with Gasteiger partial charge in [-0.3, -0.25) is 4.79 Å². The normalized spacial score (nSPS) is 12.4. The topological polar surface area (TPSA) is 91.6 Å². The summed E-state index contributed by atoms with van der Waals surface area (Å²) in [6, 6.07) is 11.9. The Labute approximate surface area is 164 Å². The van der Waals surface area contributed by atoms with E-state index in [9.17, 15) is 10.1 Å². The highest BCUT2D eigenvalue weighted by molar-refractivity contribution is 7.99. The zero-order valence-corrected chi connectivity index (χ0v) is 15.9. The number of rotatable bonds is 5. The van der Waals surface area contributed by atoms with E-state index in [0.29, 0.717) is 21.4 Å². The molecule has 0 radical (unpaired) electrons. The van der Waals surface area contributed by atoms with Crippen molar-refractivity contribution >= 4 is 34.0 Å². The molecule has 3 aromatic rings. The van der Waals surface area contributed by atoms with Crippen LogP contribution >= 0.6 is 23.1 Å². The van der Waals surface area contributed by atoms with Crippen LogP contribution in [0.3, 0.4) is 0 Å². The van der Waals surface area contributed by atoms with E-state index in [2.05, 4.69) is 26.6 Å². The predicted octanol–water partition coefficient (Wildman–Crippen LogP) is 3.69. The van der Waals surface area contributed by atoms with Gasteiger partial charge >= 0.3 is 0 Å². The SMILES string of the molecule is N#Cc1c(NC(=O)CSc2ncc(-c3ccccc3)nn2)sc2c1CCC2. The molecule has 0 saturated carbocycles. The third-order valence-electron chi connectivity index (χ3n) is 4.23. The molecule has 1 N–H and O–H groups in total. The maximum atomic E-state index is 12.3. The predicted molar refractivity (Wildman–Crippen MR) is 106 cm³/mol. The van der Waals surface area contributed by atoms with Gasteiger partial charge in [0.25, 0.3) is 0 Å². The minimum Gasteiger partial charge on any atom is -0.316 e. The van der Waals surface area contributed by atoms with Crippen molar-refractivity contribution in [1.82, 2.24) is 15.2 Å². The Balaban J connectivity index is 1.37. The molecule has 0 aliphatic heterocycles. The third kappa shape index (κ3) is 3.84. The molecule has 27 heavy (non-hydrogen) atoms. The van der Waals surface area contributed by atoms with Gasteiger partial charge in [0.05, 0.1) is 17.5 Å². The molecule has 1 aromatic carbocycles. The molecule has 2 heterocycles. The maximum Gasteiger partial charge on any atom is 0.235 e. The molecule has 8 heteroatoms. The number of carbonyl (C=O) groups is 1. The molecule has 0 bridgehead atoms. The minimum atomic E-state index is -0.174. The van der Waals surface area contributed by atoms with Crippen molar-refractivity contribution in [1.29, 1.82) is 5.26 Å². The number of nitrogens with zero attached hydrogens (tertiary/aromatic N) is 4. The quantitative estimate of drug-likeness (QED) is 0.665. The molecule has 1 aliphatic carbocycles. The van der Waals surface area contributed by atoms with E-state index in [4.69, 9.17) is 0 Å². The summed E-state index contributed by atoms with van der Waals surface area (Å²) < 4.78 is 0. The fraction of sp³-hybridized carbons (Fsp3) is 0.211. The lowest BCUT2D eigenvalue weighted by atomic mass is 10.1. The van der Waals surface area contributed by atoms with Gasteiger partial charge in [0.1, 0.15) is 16.8 Å². The molecule has 0 fully saturated rings. The first-order chi connectivity index (χ1) is 13.2. The van der Waals surface area contributed by atoms with Crippen molar-refractivity contribution in [3.05, 3.63) is 52.5 Å². The molecule has 2 aromatic heterocycles. The Hall–Kier alpha value is -2.76. The monoisotopic (exact) mass is 393 g/mol. The van der Waals surface area contributed by atoms with Gasteiger partial charge in [-0.1, -0.05) is 42.1 Å². The lowest BCUT2D eigenvalue weighted by molar-refractivity contribution is -0.113. The number of anilines is 1. The van der Waals surface area contributed by atoms with E-state index >= 15 is 0 Å². The van der Waals surface area contributed by atoms with Crippen LogP contribution in [0.1, 0.15) is 22.4 Å². The highest BCUT2D eigenvalue weighted by Crippen LogP contribution is 2.38. The molecule has 0 atom stereocenters. The second-order valence-electron chi connectivity index (χ2n) is 6.00. The lowest BCUT2D eigenvalue weighted by Gasteiger charge is -2.04. The Morgan fingerprint density at radius 2 is 2.11 bits per heavy atom. The van der Waals surface area contributed by atoms with Crippen LogP contribution in [0.5, 0.6) is 0 Å². The number of nitrogens with one attached hydrogen (secondary N) is 1. The summed E-state index contributed by atoms with van der Waals surface area (Å²) in [6.45, 7) is 0. The van der Waals surface area contributed by atoms with Gasteiger partial charge in [-0.25, -0.2) is 4.98 Å². The lowest BCUT2D eigenvalue weighted by Crippen LogP contribution is -2.14. The molecule has 134 valence electrons. The number of benzene rings is 1. The van der Waals surface area contributed by atoms with Gasteiger partial charge in [-0.05, 0) is 24.8 Å². The average Bonchev–Trinajstić information content (AvgIpc) is 3.28. The second-order valence-corrected chi connectivity index (χ2v) is 8.05. The number of nitriles is 1. The summed E-state index contributed by atoms with van der Waals surface area (Å²) >= 11 is 2.74. The van der Waals surface area contributed by atoms with Crippen LogP contribution in [0, 0.1) is 11.3 Å². The average molecular weight is 393 g/mol. The molecule has 1 amide bonds. The number of thiophene rings is 1. The summed E-state index contributed by atoms with van der Waals surface area (Å²) in [7, 11) is 0. The number of hydrogen-bond acceptors (Lipinski definition) is 7. The molecule has 0 unspecified atom stereocenters. The zero-order valence-electron chi connectivity index (χ0n) is 14.3. The van der Waals surface area contributed by atoms with E-state index in [1.165, 1.54) is 28.0 Å². The first kappa shape index (κ1) is 17.6. The molecular weight excluding hydrogens is 378 g/mol. The van der Waals surface area contributed by atoms with Crippen LogP contribution in [-0.4, -0.2) is 26.8 Å².